The van der Waals surface area contributed by atoms with Crippen LogP contribution < -0.4 is 22.5 Å². The highest BCUT2D eigenvalue weighted by Gasteiger charge is 2.52. The van der Waals surface area contributed by atoms with Gasteiger partial charge >= 0.3 is 27.3 Å². The fourth-order valence-electron chi connectivity index (χ4n) is 6.57. The Hall–Kier alpha value is -4.72. The zero-order chi connectivity index (χ0) is 44.9. The van der Waals surface area contributed by atoms with Crippen LogP contribution in [0.2, 0.25) is 5.02 Å². The number of fused-ring (bicyclic) bond motifs is 1. The molecule has 62 heavy (non-hydrogen) atoms. The molecule has 4 aromatic rings. The van der Waals surface area contributed by atoms with E-state index in [0.717, 1.165) is 22.7 Å². The van der Waals surface area contributed by atoms with Crippen LogP contribution in [-0.2, 0) is 52.9 Å². The minimum absolute atomic E-state index is 0.00617. The van der Waals surface area contributed by atoms with E-state index >= 15 is 0 Å². The molecular weight excluding hydrogens is 888 g/mol. The topological polar surface area (TPSA) is 367 Å². The summed E-state index contributed by atoms with van der Waals surface area (Å²) in [7, 11) is -10.6. The van der Waals surface area contributed by atoms with E-state index in [1.165, 1.54) is 23.0 Å². The molecule has 6 rings (SSSR count). The Morgan fingerprint density at radius 1 is 0.968 bits per heavy atom. The van der Waals surface area contributed by atoms with Gasteiger partial charge in [0, 0.05) is 17.6 Å². The number of nitrogens with two attached hydrogens (primary N) is 2. The van der Waals surface area contributed by atoms with Crippen molar-refractivity contribution in [3.05, 3.63) is 82.9 Å². The zero-order valence-corrected chi connectivity index (χ0v) is 34.7. The van der Waals surface area contributed by atoms with Crippen LogP contribution in [0.25, 0.3) is 11.2 Å². The number of aliphatic hydroxyl groups excluding tert-OH is 2. The van der Waals surface area contributed by atoms with Crippen LogP contribution >= 0.6 is 27.2 Å². The number of rotatable bonds is 19. The molecule has 336 valence electrons. The molecule has 0 radical (unpaired) electrons. The second-order valence-electron chi connectivity index (χ2n) is 13.9. The first kappa shape index (κ1) is 46.8. The number of carbonyl (C=O) groups is 2. The maximum atomic E-state index is 13.9. The van der Waals surface area contributed by atoms with Gasteiger partial charge < -0.3 is 55.9 Å². The largest absolute Gasteiger partial charge is 0.472 e. The lowest BCUT2D eigenvalue weighted by atomic mass is 10.0. The number of halogens is 1. The summed E-state index contributed by atoms with van der Waals surface area (Å²) in [5, 5.41) is 26.0. The molecule has 1 amide bonds. The number of carbonyl (C=O) groups excluding carboxylic acids is 2. The number of hydrogen-bond donors (Lipinski definition) is 8. The van der Waals surface area contributed by atoms with Crippen molar-refractivity contribution in [2.24, 2.45) is 0 Å². The molecule has 1 aromatic carbocycles. The second-order valence-corrected chi connectivity index (χ2v) is 17.0. The molecule has 0 bridgehead atoms. The van der Waals surface area contributed by atoms with E-state index < -0.39 is 102 Å². The molecule has 10 atom stereocenters. The Morgan fingerprint density at radius 3 is 2.31 bits per heavy atom. The summed E-state index contributed by atoms with van der Waals surface area (Å²) in [6.45, 7) is 1.61. The Morgan fingerprint density at radius 2 is 1.63 bits per heavy atom. The number of imidazole rings is 1. The lowest BCUT2D eigenvalue weighted by Gasteiger charge is -2.26. The van der Waals surface area contributed by atoms with Crippen molar-refractivity contribution >= 4 is 61.9 Å². The van der Waals surface area contributed by atoms with Crippen LogP contribution in [0.3, 0.4) is 0 Å². The first-order chi connectivity index (χ1) is 29.3. The Kier molecular flexibility index (Phi) is 14.9. The minimum Gasteiger partial charge on any atom is -0.455 e. The summed E-state index contributed by atoms with van der Waals surface area (Å²) < 4.78 is 59.5. The van der Waals surface area contributed by atoms with E-state index in [0.29, 0.717) is 11.4 Å². The number of hydrogen-bond acceptors (Lipinski definition) is 19. The van der Waals surface area contributed by atoms with Gasteiger partial charge in [0.2, 0.25) is 5.91 Å². The highest BCUT2D eigenvalue weighted by Crippen LogP contribution is 2.50. The number of benzene rings is 1. The fourth-order valence-corrected chi connectivity index (χ4v) is 8.00. The molecule has 2 saturated heterocycles. The van der Waals surface area contributed by atoms with Gasteiger partial charge in [-0.2, -0.15) is 4.98 Å². The first-order valence-corrected chi connectivity index (χ1v) is 21.9. The number of nitrogens with one attached hydrogen (secondary N) is 1. The van der Waals surface area contributed by atoms with E-state index in [4.69, 9.17) is 46.3 Å². The van der Waals surface area contributed by atoms with Gasteiger partial charge in [-0.3, -0.25) is 27.5 Å². The van der Waals surface area contributed by atoms with Crippen LogP contribution in [0.1, 0.15) is 37.3 Å². The third-order valence-corrected chi connectivity index (χ3v) is 11.3. The van der Waals surface area contributed by atoms with Gasteiger partial charge in [-0.05, 0) is 43.0 Å². The number of aliphatic hydroxyl groups is 2. The first-order valence-electron chi connectivity index (χ1n) is 18.5. The Balaban J connectivity index is 1.24. The van der Waals surface area contributed by atoms with Crippen LogP contribution in [0.5, 0.6) is 0 Å². The summed E-state index contributed by atoms with van der Waals surface area (Å²) in [6, 6.07) is 6.66. The standard InChI is InChI=1S/C34H42ClN9O16P2/c1-2-3-4-23(45)41-19(10-7-17-5-8-18(35)9-6-17)33(48)59-27-20(57-32(25(27)46)44-16-40-24-29(37)38-15-39-30(24)44)14-56-62(53,54)60-28-21(13-55-61(50,51)52)58-31(26(28)47)43-12-11-22(36)42-34(43)49/h2,5-6,8-9,11-12,15-16,19-21,25-28,31-32,46-47H,1,3-4,7,10,13-14H2,(H,41,45)(H,53,54)(H2,36,42,49)(H2,37,38,39)(H2,50,51,52)/t19-,20+,21+,25+,26+,27+,28+,31+,32+/m0/s1. The monoisotopic (exact) mass is 929 g/mol. The number of aryl methyl sites for hydroxylation is 1. The third-order valence-electron chi connectivity index (χ3n) is 9.55. The van der Waals surface area contributed by atoms with Crippen molar-refractivity contribution in [2.75, 3.05) is 24.7 Å². The lowest BCUT2D eigenvalue weighted by Crippen LogP contribution is -2.46. The normalized spacial score (nSPS) is 25.3. The maximum Gasteiger partial charge on any atom is 0.472 e. The number of nitrogens with zero attached hydrogens (tertiary/aromatic N) is 6. The smallest absolute Gasteiger partial charge is 0.455 e. The summed E-state index contributed by atoms with van der Waals surface area (Å²) in [6.07, 6.45) is -8.34. The van der Waals surface area contributed by atoms with E-state index in [9.17, 15) is 48.4 Å². The molecule has 1 unspecified atom stereocenters. The van der Waals surface area contributed by atoms with Crippen LogP contribution in [0.4, 0.5) is 11.6 Å². The van der Waals surface area contributed by atoms with Gasteiger partial charge in [0.25, 0.3) is 0 Å². The predicted molar refractivity (Wildman–Crippen MR) is 212 cm³/mol. The number of allylic oxidation sites excluding steroid dienone is 1. The summed E-state index contributed by atoms with van der Waals surface area (Å²) in [4.78, 5) is 84.6. The molecule has 10 N–H and O–H groups in total. The average Bonchev–Trinajstić information content (AvgIpc) is 3.87. The van der Waals surface area contributed by atoms with E-state index in [-0.39, 0.29) is 42.1 Å². The number of nitrogen functional groups attached to an aromatic ring is 2. The quantitative estimate of drug-likeness (QED) is 0.0349. The molecule has 3 aromatic heterocycles. The molecule has 2 aliphatic heterocycles. The van der Waals surface area contributed by atoms with Crippen molar-refractivity contribution in [1.82, 2.24) is 34.4 Å². The highest BCUT2D eigenvalue weighted by molar-refractivity contribution is 7.47. The van der Waals surface area contributed by atoms with Crippen LogP contribution in [0, 0.1) is 0 Å². The molecule has 0 saturated carbocycles. The molecule has 0 aliphatic carbocycles. The molecule has 5 heterocycles. The van der Waals surface area contributed by atoms with Gasteiger partial charge in [-0.1, -0.05) is 29.8 Å². The van der Waals surface area contributed by atoms with Crippen LogP contribution in [-0.4, -0.2) is 122 Å². The van der Waals surface area contributed by atoms with Gasteiger partial charge in [0.05, 0.1) is 19.5 Å². The average molecular weight is 930 g/mol. The third kappa shape index (κ3) is 11.4. The summed E-state index contributed by atoms with van der Waals surface area (Å²) in [5.41, 5.74) is 11.4. The molecule has 2 fully saturated rings. The van der Waals surface area contributed by atoms with E-state index in [1.54, 1.807) is 24.3 Å². The number of amides is 1. The van der Waals surface area contributed by atoms with E-state index in [1.807, 2.05) is 0 Å². The van der Waals surface area contributed by atoms with Crippen molar-refractivity contribution in [3.63, 3.8) is 0 Å². The number of esters is 1. The van der Waals surface area contributed by atoms with Crippen molar-refractivity contribution in [2.45, 2.75) is 80.8 Å². The Labute approximate surface area is 355 Å². The van der Waals surface area contributed by atoms with Crippen LogP contribution in [0.15, 0.2) is 66.6 Å². The predicted octanol–water partition coefficient (Wildman–Crippen LogP) is 0.0247. The Bertz CT molecular complexity index is 2400. The van der Waals surface area contributed by atoms with Gasteiger partial charge in [-0.25, -0.2) is 33.7 Å². The zero-order valence-electron chi connectivity index (χ0n) is 32.2. The molecular formula is C34H42ClN9O16P2. The number of ether oxygens (including phenoxy) is 3. The maximum absolute atomic E-state index is 13.9. The lowest BCUT2D eigenvalue weighted by molar-refractivity contribution is -0.160. The molecule has 0 spiro atoms. The van der Waals surface area contributed by atoms with Gasteiger partial charge in [0.15, 0.2) is 30.0 Å². The molecule has 25 nitrogen and oxygen atoms in total. The van der Waals surface area contributed by atoms with Crippen molar-refractivity contribution in [1.29, 1.82) is 0 Å². The number of phosphoric ester groups is 2. The number of phosphoric acid groups is 2. The van der Waals surface area contributed by atoms with Crippen molar-refractivity contribution in [3.8, 4) is 0 Å². The summed E-state index contributed by atoms with van der Waals surface area (Å²) in [5.74, 6) is -1.73. The van der Waals surface area contributed by atoms with Crippen molar-refractivity contribution < 1.29 is 71.4 Å². The minimum atomic E-state index is -5.42. The molecule has 2 aliphatic rings. The number of anilines is 2. The SMILES string of the molecule is C=CCCC(=O)N[C@@H](CCc1ccc(Cl)cc1)C(=O)O[C@H]1[C@@H](O)[C@H](n2cnc3c(N)ncnc32)O[C@@H]1COP(=O)(O)O[C@H]1[C@@H](O)[C@H](n2ccc(N)nc2=O)O[C@@H]1COP(=O)(O)O. The highest BCUT2D eigenvalue weighted by atomic mass is 35.5. The summed E-state index contributed by atoms with van der Waals surface area (Å²) >= 11 is 6.02. The fraction of sp³-hybridized carbons (Fsp3) is 0.441. The van der Waals surface area contributed by atoms with Gasteiger partial charge in [-0.15, -0.1) is 6.58 Å². The van der Waals surface area contributed by atoms with Gasteiger partial charge in [0.1, 0.15) is 54.2 Å². The second kappa shape index (κ2) is 19.8. The molecule has 28 heteroatoms. The number of aromatic nitrogens is 6. The van der Waals surface area contributed by atoms with E-state index in [2.05, 4.69) is 36.4 Å².